The van der Waals surface area contributed by atoms with Gasteiger partial charge >= 0.3 is 5.97 Å². The van der Waals surface area contributed by atoms with Gasteiger partial charge in [0.1, 0.15) is 24.5 Å². The van der Waals surface area contributed by atoms with Crippen LogP contribution in [0.15, 0.2) is 51.0 Å². The average molecular weight is 427 g/mol. The van der Waals surface area contributed by atoms with E-state index in [4.69, 9.17) is 25.4 Å². The van der Waals surface area contributed by atoms with E-state index < -0.39 is 59.0 Å². The van der Waals surface area contributed by atoms with E-state index in [1.165, 1.54) is 6.07 Å². The molecule has 5 N–H and O–H groups in total. The number of aliphatic hydroxyl groups excluding tert-OH is 1. The van der Waals surface area contributed by atoms with Crippen molar-refractivity contribution < 1.29 is 33.4 Å². The first-order valence-corrected chi connectivity index (χ1v) is 9.01. The Morgan fingerprint density at radius 2 is 1.97 bits per heavy atom. The number of aliphatic hydroxyl groups is 1. The number of fused-ring (bicyclic) bond motifs is 4. The van der Waals surface area contributed by atoms with Crippen LogP contribution in [-0.2, 0) is 31.1 Å². The quantitative estimate of drug-likeness (QED) is 0.516. The van der Waals surface area contributed by atoms with E-state index in [1.54, 1.807) is 18.2 Å². The van der Waals surface area contributed by atoms with Crippen molar-refractivity contribution in [2.45, 2.75) is 12.0 Å². The lowest BCUT2D eigenvalue weighted by Crippen LogP contribution is -2.50. The van der Waals surface area contributed by atoms with Gasteiger partial charge in [0.25, 0.3) is 5.91 Å². The number of nitrogens with zero attached hydrogens (tertiary/aromatic N) is 1. The summed E-state index contributed by atoms with van der Waals surface area (Å²) < 4.78 is 15.9. The van der Waals surface area contributed by atoms with Crippen LogP contribution in [0.5, 0.6) is 5.75 Å². The molecule has 0 saturated heterocycles. The molecule has 2 aliphatic rings. The summed E-state index contributed by atoms with van der Waals surface area (Å²) >= 11 is 0. The SMILES string of the molecule is COC(=O)C1=C(N)Oc2c(oc(CO)cc2=O)C12C(=O)N(CC(N)=O)c1ccccc12. The van der Waals surface area contributed by atoms with Crippen LogP contribution in [-0.4, -0.2) is 36.5 Å². The third-order valence-corrected chi connectivity index (χ3v) is 5.15. The van der Waals surface area contributed by atoms with E-state index >= 15 is 0 Å². The number of amides is 2. The monoisotopic (exact) mass is 427 g/mol. The maximum absolute atomic E-state index is 13.9. The number of carbonyl (C=O) groups excluding carboxylic acids is 3. The molecule has 2 aromatic rings. The van der Waals surface area contributed by atoms with E-state index in [-0.39, 0.29) is 22.8 Å². The fourth-order valence-corrected chi connectivity index (χ4v) is 3.99. The number of benzene rings is 1. The Kier molecular flexibility index (Phi) is 4.55. The van der Waals surface area contributed by atoms with Crippen molar-refractivity contribution in [1.82, 2.24) is 0 Å². The largest absolute Gasteiger partial charge is 0.465 e. The summed E-state index contributed by atoms with van der Waals surface area (Å²) in [5.74, 6) is -4.13. The van der Waals surface area contributed by atoms with Gasteiger partial charge in [-0.05, 0) is 6.07 Å². The zero-order valence-electron chi connectivity index (χ0n) is 16.2. The molecule has 160 valence electrons. The minimum absolute atomic E-state index is 0.171. The van der Waals surface area contributed by atoms with Crippen molar-refractivity contribution in [3.8, 4) is 5.75 Å². The second kappa shape index (κ2) is 6.99. The molecule has 0 fully saturated rings. The van der Waals surface area contributed by atoms with Crippen LogP contribution in [0.25, 0.3) is 0 Å². The Morgan fingerprint density at radius 1 is 1.26 bits per heavy atom. The van der Waals surface area contributed by atoms with Crippen LogP contribution in [0.4, 0.5) is 5.69 Å². The van der Waals surface area contributed by atoms with Crippen LogP contribution < -0.4 is 26.5 Å². The lowest BCUT2D eigenvalue weighted by molar-refractivity contribution is -0.138. The van der Waals surface area contributed by atoms with Crippen molar-refractivity contribution in [3.05, 3.63) is 69.1 Å². The third-order valence-electron chi connectivity index (χ3n) is 5.15. The number of methoxy groups -OCH3 is 1. The average Bonchev–Trinajstić information content (AvgIpc) is 2.97. The number of hydrogen-bond acceptors (Lipinski definition) is 9. The molecule has 1 unspecified atom stereocenters. The lowest BCUT2D eigenvalue weighted by atomic mass is 9.71. The first kappa shape index (κ1) is 20.2. The van der Waals surface area contributed by atoms with Gasteiger partial charge in [0.05, 0.1) is 7.11 Å². The molecule has 0 aliphatic carbocycles. The predicted molar refractivity (Wildman–Crippen MR) is 104 cm³/mol. The molecular weight excluding hydrogens is 410 g/mol. The summed E-state index contributed by atoms with van der Waals surface area (Å²) in [6.45, 7) is -1.17. The van der Waals surface area contributed by atoms with Crippen molar-refractivity contribution in [2.75, 3.05) is 18.6 Å². The number of para-hydroxylation sites is 1. The molecule has 0 bridgehead atoms. The number of primary amides is 1. The molecular formula is C20H17N3O8. The van der Waals surface area contributed by atoms with E-state index in [2.05, 4.69) is 0 Å². The number of rotatable bonds is 4. The smallest absolute Gasteiger partial charge is 0.341 e. The van der Waals surface area contributed by atoms with E-state index in [9.17, 15) is 24.3 Å². The fraction of sp³-hybridized carbons (Fsp3) is 0.200. The van der Waals surface area contributed by atoms with Crippen LogP contribution in [0.2, 0.25) is 0 Å². The number of anilines is 1. The van der Waals surface area contributed by atoms with Crippen molar-refractivity contribution in [2.24, 2.45) is 11.5 Å². The van der Waals surface area contributed by atoms with E-state index in [0.717, 1.165) is 18.1 Å². The molecule has 3 heterocycles. The summed E-state index contributed by atoms with van der Waals surface area (Å²) in [5.41, 5.74) is 8.53. The highest BCUT2D eigenvalue weighted by Gasteiger charge is 2.63. The second-order valence-corrected chi connectivity index (χ2v) is 6.85. The number of carbonyl (C=O) groups is 3. The molecule has 1 aromatic heterocycles. The summed E-state index contributed by atoms with van der Waals surface area (Å²) in [6.07, 6.45) is 0. The number of hydrogen-bond donors (Lipinski definition) is 3. The van der Waals surface area contributed by atoms with Crippen molar-refractivity contribution >= 4 is 23.5 Å². The number of esters is 1. The van der Waals surface area contributed by atoms with Crippen LogP contribution >= 0.6 is 0 Å². The maximum atomic E-state index is 13.9. The Hall–Kier alpha value is -4.12. The van der Waals surface area contributed by atoms with Crippen LogP contribution in [0.3, 0.4) is 0 Å². The molecule has 2 amide bonds. The summed E-state index contributed by atoms with van der Waals surface area (Å²) in [4.78, 5) is 52.1. The topological polar surface area (TPSA) is 175 Å². The molecule has 0 saturated carbocycles. The van der Waals surface area contributed by atoms with E-state index in [0.29, 0.717) is 0 Å². The van der Waals surface area contributed by atoms with Crippen molar-refractivity contribution in [1.29, 1.82) is 0 Å². The van der Waals surface area contributed by atoms with Gasteiger partial charge < -0.3 is 35.4 Å². The molecule has 4 rings (SSSR count). The highest BCUT2D eigenvalue weighted by Crippen LogP contribution is 2.54. The van der Waals surface area contributed by atoms with Gasteiger partial charge in [0, 0.05) is 17.3 Å². The maximum Gasteiger partial charge on any atom is 0.341 e. The standard InChI is InChI=1S/C20H17N3O8/c1-29-18(27)14-17(22)31-15-12(25)6-9(8-24)30-16(15)20(14)10-4-2-3-5-11(10)23(19(20)28)7-13(21)26/h2-6,24H,7-8,22H2,1H3,(H2,21,26). The van der Waals surface area contributed by atoms with E-state index in [1.807, 2.05) is 0 Å². The Labute approximate surface area is 174 Å². The highest BCUT2D eigenvalue weighted by molar-refractivity contribution is 6.19. The first-order chi connectivity index (χ1) is 14.8. The van der Waals surface area contributed by atoms with Gasteiger partial charge in [-0.1, -0.05) is 18.2 Å². The highest BCUT2D eigenvalue weighted by atomic mass is 16.5. The van der Waals surface area contributed by atoms with Gasteiger partial charge in [-0.25, -0.2) is 4.79 Å². The molecule has 11 nitrogen and oxygen atoms in total. The summed E-state index contributed by atoms with van der Waals surface area (Å²) in [6, 6.07) is 7.25. The molecule has 1 atom stereocenters. The Bertz CT molecular complexity index is 1230. The molecule has 2 aliphatic heterocycles. The first-order valence-electron chi connectivity index (χ1n) is 9.01. The Balaban J connectivity index is 2.17. The summed E-state index contributed by atoms with van der Waals surface area (Å²) in [5, 5.41) is 9.54. The zero-order chi connectivity index (χ0) is 22.5. The molecule has 31 heavy (non-hydrogen) atoms. The van der Waals surface area contributed by atoms with Gasteiger partial charge in [-0.2, -0.15) is 0 Å². The minimum Gasteiger partial charge on any atom is -0.465 e. The summed E-state index contributed by atoms with van der Waals surface area (Å²) in [7, 11) is 1.08. The lowest BCUT2D eigenvalue weighted by Gasteiger charge is -2.34. The molecule has 1 spiro atoms. The fourth-order valence-electron chi connectivity index (χ4n) is 3.99. The molecule has 1 aromatic carbocycles. The van der Waals surface area contributed by atoms with Gasteiger partial charge in [0.15, 0.2) is 11.2 Å². The van der Waals surface area contributed by atoms with Crippen LogP contribution in [0.1, 0.15) is 17.1 Å². The number of ether oxygens (including phenoxy) is 2. The predicted octanol–water partition coefficient (Wildman–Crippen LogP) is -1.01. The molecule has 11 heteroatoms. The van der Waals surface area contributed by atoms with Gasteiger partial charge in [-0.3, -0.25) is 14.4 Å². The normalized spacial score (nSPS) is 19.2. The Morgan fingerprint density at radius 3 is 2.61 bits per heavy atom. The molecule has 0 radical (unpaired) electrons. The van der Waals surface area contributed by atoms with Gasteiger partial charge in [0.2, 0.25) is 23.0 Å². The number of nitrogens with two attached hydrogens (primary N) is 2. The zero-order valence-corrected chi connectivity index (χ0v) is 16.2. The third kappa shape index (κ3) is 2.63. The van der Waals surface area contributed by atoms with Gasteiger partial charge in [-0.15, -0.1) is 0 Å². The van der Waals surface area contributed by atoms with Crippen molar-refractivity contribution in [3.63, 3.8) is 0 Å². The van der Waals surface area contributed by atoms with Crippen LogP contribution in [0, 0.1) is 0 Å². The minimum atomic E-state index is -2.10. The second-order valence-electron chi connectivity index (χ2n) is 6.85.